The van der Waals surface area contributed by atoms with Crippen molar-refractivity contribution in [3.8, 4) is 0 Å². The molecule has 0 bridgehead atoms. The summed E-state index contributed by atoms with van der Waals surface area (Å²) in [4.78, 5) is 24.5. The van der Waals surface area contributed by atoms with Gasteiger partial charge in [0.1, 0.15) is 6.61 Å². The monoisotopic (exact) mass is 941 g/mol. The summed E-state index contributed by atoms with van der Waals surface area (Å²) in [6, 6.07) is 0. The highest BCUT2D eigenvalue weighted by molar-refractivity contribution is 5.70. The van der Waals surface area contributed by atoms with Crippen LogP contribution >= 0.6 is 0 Å². The van der Waals surface area contributed by atoms with Gasteiger partial charge in [0.15, 0.2) is 6.10 Å². The first-order valence-corrected chi connectivity index (χ1v) is 28.1. The Hall–Kier alpha value is -3.70. The first-order valence-electron chi connectivity index (χ1n) is 28.1. The molecule has 0 aromatic heterocycles. The SMILES string of the molecule is CC/C=C\C/C=C\C/C=C\C/C=C\C/C=C\C/C=C\C/C=C\CCCCCCCCCCCCCC(=O)OC(CO)COC(=O)CCCCCCCC/C=C\C/C=C\C/C=C\CCCCCCC. The molecular formula is C63H104O5. The molecule has 0 aromatic carbocycles. The number of esters is 2. The second-order valence-corrected chi connectivity index (χ2v) is 18.3. The summed E-state index contributed by atoms with van der Waals surface area (Å²) >= 11 is 0. The number of rotatable bonds is 50. The maximum absolute atomic E-state index is 12.3. The van der Waals surface area contributed by atoms with E-state index in [0.29, 0.717) is 12.8 Å². The fourth-order valence-corrected chi connectivity index (χ4v) is 7.54. The van der Waals surface area contributed by atoms with Gasteiger partial charge in [-0.15, -0.1) is 0 Å². The molecule has 0 rings (SSSR count). The van der Waals surface area contributed by atoms with Gasteiger partial charge in [-0.05, 0) is 109 Å². The zero-order valence-electron chi connectivity index (χ0n) is 44.1. The van der Waals surface area contributed by atoms with Gasteiger partial charge >= 0.3 is 11.9 Å². The molecule has 0 heterocycles. The third-order valence-corrected chi connectivity index (χ3v) is 11.7. The van der Waals surface area contributed by atoms with Crippen LogP contribution in [0.25, 0.3) is 0 Å². The van der Waals surface area contributed by atoms with E-state index in [1.807, 2.05) is 0 Å². The van der Waals surface area contributed by atoms with Crippen molar-refractivity contribution in [2.45, 2.75) is 251 Å². The number of aliphatic hydroxyl groups is 1. The first-order chi connectivity index (χ1) is 33.6. The van der Waals surface area contributed by atoms with Crippen LogP contribution < -0.4 is 0 Å². The van der Waals surface area contributed by atoms with E-state index < -0.39 is 6.10 Å². The number of unbranched alkanes of at least 4 members (excludes halogenated alkanes) is 22. The molecule has 0 aliphatic carbocycles. The Morgan fingerprint density at radius 3 is 0.956 bits per heavy atom. The molecule has 68 heavy (non-hydrogen) atoms. The number of hydrogen-bond acceptors (Lipinski definition) is 5. The minimum atomic E-state index is -0.788. The summed E-state index contributed by atoms with van der Waals surface area (Å²) in [7, 11) is 0. The molecule has 5 heteroatoms. The molecule has 0 spiro atoms. The van der Waals surface area contributed by atoms with E-state index >= 15 is 0 Å². The van der Waals surface area contributed by atoms with Crippen LogP contribution in [0, 0.1) is 0 Å². The number of carbonyl (C=O) groups excluding carboxylic acids is 2. The van der Waals surface area contributed by atoms with Crippen LogP contribution in [-0.2, 0) is 19.1 Å². The maximum atomic E-state index is 12.3. The summed E-state index contributed by atoms with van der Waals surface area (Å²) < 4.78 is 10.7. The molecule has 0 radical (unpaired) electrons. The maximum Gasteiger partial charge on any atom is 0.306 e. The Bertz CT molecular complexity index is 1390. The zero-order valence-corrected chi connectivity index (χ0v) is 44.1. The molecule has 0 aliphatic heterocycles. The van der Waals surface area contributed by atoms with Crippen molar-refractivity contribution < 1.29 is 24.2 Å². The van der Waals surface area contributed by atoms with Crippen molar-refractivity contribution in [2.75, 3.05) is 13.2 Å². The number of ether oxygens (including phenoxy) is 2. The van der Waals surface area contributed by atoms with Crippen molar-refractivity contribution in [2.24, 2.45) is 0 Å². The fraction of sp³-hybridized carbons (Fsp3) is 0.651. The van der Waals surface area contributed by atoms with E-state index in [-0.39, 0.29) is 25.2 Å². The lowest BCUT2D eigenvalue weighted by atomic mass is 10.0. The van der Waals surface area contributed by atoms with E-state index in [9.17, 15) is 14.7 Å². The molecule has 0 saturated carbocycles. The lowest BCUT2D eigenvalue weighted by molar-refractivity contribution is -0.161. The third-order valence-electron chi connectivity index (χ3n) is 11.7. The summed E-state index contributed by atoms with van der Waals surface area (Å²) in [5.74, 6) is -0.612. The lowest BCUT2D eigenvalue weighted by Crippen LogP contribution is -2.28. The predicted octanol–water partition coefficient (Wildman–Crippen LogP) is 19.1. The minimum Gasteiger partial charge on any atom is -0.462 e. The Morgan fingerprint density at radius 1 is 0.353 bits per heavy atom. The number of aliphatic hydroxyl groups excluding tert-OH is 1. The van der Waals surface area contributed by atoms with Crippen molar-refractivity contribution in [3.63, 3.8) is 0 Å². The molecule has 386 valence electrons. The van der Waals surface area contributed by atoms with Crippen LogP contribution in [0.4, 0.5) is 0 Å². The van der Waals surface area contributed by atoms with E-state index in [4.69, 9.17) is 9.47 Å². The van der Waals surface area contributed by atoms with Crippen molar-refractivity contribution >= 4 is 11.9 Å². The normalized spacial score (nSPS) is 13.2. The second kappa shape index (κ2) is 57.6. The molecule has 0 aromatic rings. The Morgan fingerprint density at radius 2 is 0.632 bits per heavy atom. The number of allylic oxidation sites excluding steroid dienone is 20. The molecular weight excluding hydrogens is 837 g/mol. The molecule has 1 unspecified atom stereocenters. The predicted molar refractivity (Wildman–Crippen MR) is 297 cm³/mol. The molecule has 5 nitrogen and oxygen atoms in total. The quantitative estimate of drug-likeness (QED) is 0.0374. The van der Waals surface area contributed by atoms with Crippen LogP contribution in [0.5, 0.6) is 0 Å². The fourth-order valence-electron chi connectivity index (χ4n) is 7.54. The van der Waals surface area contributed by atoms with Gasteiger partial charge in [-0.1, -0.05) is 245 Å². The van der Waals surface area contributed by atoms with Gasteiger partial charge in [0.25, 0.3) is 0 Å². The number of hydrogen-bond donors (Lipinski definition) is 1. The third kappa shape index (κ3) is 54.9. The van der Waals surface area contributed by atoms with Gasteiger partial charge in [-0.25, -0.2) is 0 Å². The van der Waals surface area contributed by atoms with Crippen molar-refractivity contribution in [3.05, 3.63) is 122 Å². The van der Waals surface area contributed by atoms with E-state index in [2.05, 4.69) is 135 Å². The average molecular weight is 942 g/mol. The van der Waals surface area contributed by atoms with Gasteiger partial charge in [-0.3, -0.25) is 9.59 Å². The molecule has 1 atom stereocenters. The van der Waals surface area contributed by atoms with Gasteiger partial charge in [0, 0.05) is 12.8 Å². The standard InChI is InChI=1S/C63H104O5/c1-3-5-7-9-11-13-15-17-19-21-23-25-26-27-28-29-30-31-32-33-34-35-36-38-40-42-44-46-48-50-52-54-56-58-63(66)68-61(59-64)60-67-62(65)57-55-53-51-49-47-45-43-41-39-37-24-22-20-18-16-14-12-10-8-6-4-2/h5,7,11,13,16-19,22-25,27-28,30-31,33-34,39,41,61,64H,3-4,6,8-10,12,14-15,20-21,26,29,32,35-38,40,42-60H2,1-2H3/b7-5-,13-11-,18-16-,19-17-,24-22-,25-23-,28-27-,31-30-,34-33-,41-39-. The topological polar surface area (TPSA) is 72.8 Å². The Labute approximate surface area is 420 Å². The number of carbonyl (C=O) groups is 2. The van der Waals surface area contributed by atoms with Crippen LogP contribution in [0.1, 0.15) is 245 Å². The summed E-state index contributed by atoms with van der Waals surface area (Å²) in [6.45, 7) is 4.00. The van der Waals surface area contributed by atoms with E-state index in [0.717, 1.165) is 103 Å². The Balaban J connectivity index is 3.57. The highest BCUT2D eigenvalue weighted by atomic mass is 16.6. The highest BCUT2D eigenvalue weighted by Crippen LogP contribution is 2.14. The molecule has 0 amide bonds. The van der Waals surface area contributed by atoms with Gasteiger partial charge in [0.05, 0.1) is 6.61 Å². The van der Waals surface area contributed by atoms with Gasteiger partial charge in [-0.2, -0.15) is 0 Å². The van der Waals surface area contributed by atoms with E-state index in [1.165, 1.54) is 116 Å². The van der Waals surface area contributed by atoms with Crippen molar-refractivity contribution in [1.82, 2.24) is 0 Å². The molecule has 0 fully saturated rings. The minimum absolute atomic E-state index is 0.0799. The summed E-state index contributed by atoms with van der Waals surface area (Å²) in [6.07, 6.45) is 84.4. The van der Waals surface area contributed by atoms with Gasteiger partial charge in [0.2, 0.25) is 0 Å². The first kappa shape index (κ1) is 64.3. The van der Waals surface area contributed by atoms with Crippen LogP contribution in [0.2, 0.25) is 0 Å². The van der Waals surface area contributed by atoms with Crippen LogP contribution in [-0.4, -0.2) is 36.4 Å². The largest absolute Gasteiger partial charge is 0.462 e. The zero-order chi connectivity index (χ0) is 49.2. The van der Waals surface area contributed by atoms with Gasteiger partial charge < -0.3 is 14.6 Å². The molecule has 0 saturated heterocycles. The van der Waals surface area contributed by atoms with E-state index in [1.54, 1.807) is 0 Å². The summed E-state index contributed by atoms with van der Waals surface area (Å²) in [5, 5.41) is 9.65. The van der Waals surface area contributed by atoms with Crippen LogP contribution in [0.15, 0.2) is 122 Å². The smallest absolute Gasteiger partial charge is 0.306 e. The summed E-state index contributed by atoms with van der Waals surface area (Å²) in [5.41, 5.74) is 0. The second-order valence-electron chi connectivity index (χ2n) is 18.3. The lowest BCUT2D eigenvalue weighted by Gasteiger charge is -2.15. The average Bonchev–Trinajstić information content (AvgIpc) is 3.34. The Kier molecular flexibility index (Phi) is 54.5. The molecule has 0 aliphatic rings. The van der Waals surface area contributed by atoms with Crippen LogP contribution in [0.3, 0.4) is 0 Å². The molecule has 1 N–H and O–H groups in total. The van der Waals surface area contributed by atoms with Crippen molar-refractivity contribution in [1.29, 1.82) is 0 Å². The highest BCUT2D eigenvalue weighted by Gasteiger charge is 2.16.